The molecule has 0 atom stereocenters. The van der Waals surface area contributed by atoms with Crippen LogP contribution in [0.4, 0.5) is 31.5 Å². The fraction of sp³-hybridized carbons (Fsp3) is 0.417. The molecule has 0 amide bonds. The van der Waals surface area contributed by atoms with Crippen molar-refractivity contribution in [2.24, 2.45) is 5.41 Å². The van der Waals surface area contributed by atoms with Gasteiger partial charge in [0, 0.05) is 24.8 Å². The van der Waals surface area contributed by atoms with Gasteiger partial charge in [-0.05, 0) is 48.5 Å². The van der Waals surface area contributed by atoms with E-state index in [1.165, 1.54) is 4.90 Å². The van der Waals surface area contributed by atoms with Crippen LogP contribution in [0.3, 0.4) is 0 Å². The number of ketones is 1. The molecule has 184 valence electrons. The minimum absolute atomic E-state index is 0.183. The second-order valence-corrected chi connectivity index (χ2v) is 10.7. The predicted octanol–water partition coefficient (Wildman–Crippen LogP) is 6.78. The average Bonchev–Trinajstić information content (AvgIpc) is 3.09. The number of nitrogen functional groups attached to an aromatic ring is 1. The zero-order valence-electron chi connectivity index (χ0n) is 19.3. The molecule has 0 radical (unpaired) electrons. The molecule has 4 N–H and O–H groups in total. The minimum atomic E-state index is -2.74. The van der Waals surface area contributed by atoms with Gasteiger partial charge in [0.2, 0.25) is 0 Å². The van der Waals surface area contributed by atoms with E-state index in [2.05, 4.69) is 10.6 Å². The minimum Gasteiger partial charge on any atom is -0.397 e. The molecule has 2 aromatic carbocycles. The molecule has 34 heavy (non-hydrogen) atoms. The molecule has 3 rings (SSSR count). The first-order valence-electron chi connectivity index (χ1n) is 10.9. The number of halogens is 4. The van der Waals surface area contributed by atoms with Crippen LogP contribution in [0.5, 0.6) is 0 Å². The highest BCUT2D eigenvalue weighted by Gasteiger charge is 2.39. The molecule has 0 aromatic heterocycles. The van der Waals surface area contributed by atoms with Crippen molar-refractivity contribution in [3.63, 3.8) is 0 Å². The summed E-state index contributed by atoms with van der Waals surface area (Å²) >= 11 is 18.1. The van der Waals surface area contributed by atoms with Gasteiger partial charge >= 0.3 is 0 Å². The molecule has 0 bridgehead atoms. The fourth-order valence-corrected chi connectivity index (χ4v) is 4.27. The van der Waals surface area contributed by atoms with E-state index in [-0.39, 0.29) is 29.3 Å². The van der Waals surface area contributed by atoms with Crippen molar-refractivity contribution in [2.75, 3.05) is 34.4 Å². The van der Waals surface area contributed by atoms with E-state index in [4.69, 9.17) is 41.2 Å². The van der Waals surface area contributed by atoms with Gasteiger partial charge in [-0.15, -0.1) is 0 Å². The number of carbonyl (C=O) groups excluding carboxylic acids is 1. The Kier molecular flexibility index (Phi) is 7.95. The Morgan fingerprint density at radius 1 is 1.15 bits per heavy atom. The van der Waals surface area contributed by atoms with Crippen molar-refractivity contribution in [1.29, 1.82) is 0 Å². The molecule has 1 fully saturated rings. The van der Waals surface area contributed by atoms with E-state index >= 15 is 0 Å². The van der Waals surface area contributed by atoms with E-state index in [1.54, 1.807) is 18.2 Å². The molecule has 1 aliphatic rings. The van der Waals surface area contributed by atoms with Crippen molar-refractivity contribution < 1.29 is 13.6 Å². The molecule has 10 heteroatoms. The summed E-state index contributed by atoms with van der Waals surface area (Å²) in [7, 11) is 0. The van der Waals surface area contributed by atoms with Crippen LogP contribution in [0, 0.1) is 5.41 Å². The van der Waals surface area contributed by atoms with Crippen LogP contribution in [0.25, 0.3) is 0 Å². The second kappa shape index (κ2) is 10.2. The lowest BCUT2D eigenvalue weighted by molar-refractivity contribution is -0.126. The van der Waals surface area contributed by atoms with E-state index < -0.39 is 12.5 Å². The van der Waals surface area contributed by atoms with Gasteiger partial charge in [-0.25, -0.2) is 8.78 Å². The Labute approximate surface area is 214 Å². The van der Waals surface area contributed by atoms with Crippen LogP contribution in [0.15, 0.2) is 30.3 Å². The highest BCUT2D eigenvalue weighted by molar-refractivity contribution is 7.80. The standard InChI is InChI=1S/C24H28Cl2F2N4OS/c1-23(2,3)21(33)7-5-14-4-6-15(25)18(10-14)30-22(34)31-19-11-16(26)20(12-17(19)29)32-9-8-24(27,28)13-32/h4,6,10-12H,5,7-9,13,29H2,1-3H3,(H2,30,31,34). The quantitative estimate of drug-likeness (QED) is 0.283. The fourth-order valence-electron chi connectivity index (χ4n) is 3.60. The summed E-state index contributed by atoms with van der Waals surface area (Å²) in [5, 5.41) is 7.01. The normalized spacial score (nSPS) is 15.3. The number of alkyl halides is 2. The number of carbonyl (C=O) groups is 1. The average molecular weight is 529 g/mol. The Morgan fingerprint density at radius 2 is 1.82 bits per heavy atom. The lowest BCUT2D eigenvalue weighted by Crippen LogP contribution is -2.25. The van der Waals surface area contributed by atoms with Crippen molar-refractivity contribution in [2.45, 2.75) is 46.0 Å². The van der Waals surface area contributed by atoms with Crippen LogP contribution < -0.4 is 21.3 Å². The Balaban J connectivity index is 1.67. The first-order chi connectivity index (χ1) is 15.7. The van der Waals surface area contributed by atoms with Gasteiger partial charge in [-0.2, -0.15) is 0 Å². The van der Waals surface area contributed by atoms with Gasteiger partial charge < -0.3 is 21.3 Å². The molecule has 0 saturated carbocycles. The molecule has 1 heterocycles. The molecule has 2 aromatic rings. The number of benzene rings is 2. The molecule has 0 aliphatic carbocycles. The third-order valence-corrected chi connectivity index (χ3v) is 6.47. The van der Waals surface area contributed by atoms with Gasteiger partial charge in [0.05, 0.1) is 39.3 Å². The summed E-state index contributed by atoms with van der Waals surface area (Å²) in [6.07, 6.45) is 0.792. The monoisotopic (exact) mass is 528 g/mol. The number of anilines is 4. The lowest BCUT2D eigenvalue weighted by Gasteiger charge is -2.22. The van der Waals surface area contributed by atoms with Crippen LogP contribution in [-0.2, 0) is 11.2 Å². The number of hydrogen-bond acceptors (Lipinski definition) is 4. The van der Waals surface area contributed by atoms with Crippen molar-refractivity contribution in [1.82, 2.24) is 0 Å². The zero-order valence-corrected chi connectivity index (χ0v) is 21.6. The molecule has 0 unspecified atom stereocenters. The smallest absolute Gasteiger partial charge is 0.266 e. The van der Waals surface area contributed by atoms with E-state index in [1.807, 2.05) is 32.9 Å². The maximum absolute atomic E-state index is 13.6. The van der Waals surface area contributed by atoms with Crippen molar-refractivity contribution >= 4 is 69.1 Å². The molecule has 0 spiro atoms. The Morgan fingerprint density at radius 3 is 2.44 bits per heavy atom. The number of hydrogen-bond donors (Lipinski definition) is 3. The molecular formula is C24H28Cl2F2N4OS. The Hall–Kier alpha value is -2.16. The molecule has 1 saturated heterocycles. The van der Waals surface area contributed by atoms with Crippen molar-refractivity contribution in [3.8, 4) is 0 Å². The predicted molar refractivity (Wildman–Crippen MR) is 142 cm³/mol. The number of nitrogens with two attached hydrogens (primary N) is 1. The summed E-state index contributed by atoms with van der Waals surface area (Å²) < 4.78 is 27.2. The third kappa shape index (κ3) is 6.71. The van der Waals surface area contributed by atoms with Gasteiger partial charge in [0.1, 0.15) is 5.78 Å². The molecular weight excluding hydrogens is 501 g/mol. The number of nitrogens with one attached hydrogen (secondary N) is 2. The maximum Gasteiger partial charge on any atom is 0.266 e. The summed E-state index contributed by atoms with van der Waals surface area (Å²) in [4.78, 5) is 13.8. The highest BCUT2D eigenvalue weighted by atomic mass is 35.5. The van der Waals surface area contributed by atoms with Gasteiger partial charge in [-0.1, -0.05) is 50.0 Å². The summed E-state index contributed by atoms with van der Waals surface area (Å²) in [6, 6.07) is 8.59. The number of thiocarbonyl (C=S) groups is 1. The summed E-state index contributed by atoms with van der Waals surface area (Å²) in [5.74, 6) is -2.56. The van der Waals surface area contributed by atoms with Gasteiger partial charge in [0.15, 0.2) is 5.11 Å². The number of rotatable bonds is 6. The third-order valence-electron chi connectivity index (χ3n) is 5.63. The SMILES string of the molecule is CC(C)(C)C(=O)CCc1ccc(Cl)c(NC(=S)Nc2cc(Cl)c(N3CCC(F)(F)C3)cc2N)c1. The summed E-state index contributed by atoms with van der Waals surface area (Å²) in [6.45, 7) is 5.52. The van der Waals surface area contributed by atoms with Crippen LogP contribution in [0.2, 0.25) is 10.0 Å². The first-order valence-corrected chi connectivity index (χ1v) is 12.0. The maximum atomic E-state index is 13.6. The number of nitrogens with zero attached hydrogens (tertiary/aromatic N) is 1. The van der Waals surface area contributed by atoms with Gasteiger partial charge in [-0.3, -0.25) is 4.79 Å². The number of Topliss-reactive ketones (excluding diaryl/α,β-unsaturated/α-hetero) is 1. The Bertz CT molecular complexity index is 1110. The molecule has 5 nitrogen and oxygen atoms in total. The molecule has 1 aliphatic heterocycles. The second-order valence-electron chi connectivity index (χ2n) is 9.48. The largest absolute Gasteiger partial charge is 0.397 e. The van der Waals surface area contributed by atoms with Gasteiger partial charge in [0.25, 0.3) is 5.92 Å². The van der Waals surface area contributed by atoms with Crippen molar-refractivity contribution in [3.05, 3.63) is 45.9 Å². The number of aryl methyl sites for hydroxylation is 1. The van der Waals surface area contributed by atoms with Crippen LogP contribution in [-0.4, -0.2) is 29.9 Å². The van der Waals surface area contributed by atoms with E-state index in [9.17, 15) is 13.6 Å². The van der Waals surface area contributed by atoms with E-state index in [0.717, 1.165) is 5.56 Å². The first kappa shape index (κ1) is 26.4. The zero-order chi connectivity index (χ0) is 25.3. The van der Waals surface area contributed by atoms with Crippen LogP contribution >= 0.6 is 35.4 Å². The highest BCUT2D eigenvalue weighted by Crippen LogP contribution is 2.38. The lowest BCUT2D eigenvalue weighted by atomic mass is 9.87. The topological polar surface area (TPSA) is 70.4 Å². The van der Waals surface area contributed by atoms with E-state index in [0.29, 0.717) is 45.6 Å². The van der Waals surface area contributed by atoms with Crippen LogP contribution in [0.1, 0.15) is 39.2 Å². The summed E-state index contributed by atoms with van der Waals surface area (Å²) in [5.41, 5.74) is 8.51.